The molecule has 0 N–H and O–H groups in total. The second-order valence-corrected chi connectivity index (χ2v) is 9.83. The summed E-state index contributed by atoms with van der Waals surface area (Å²) in [5, 5.41) is 0. The molecule has 3 rings (SSSR count). The zero-order valence-corrected chi connectivity index (χ0v) is 18.3. The van der Waals surface area contributed by atoms with Crippen molar-refractivity contribution in [3.05, 3.63) is 51.9 Å². The van der Waals surface area contributed by atoms with Gasteiger partial charge in [0.25, 0.3) is 15.9 Å². The number of hydrogen-bond donors (Lipinski definition) is 0. The fraction of sp³-hybridized carbons (Fsp3) is 0.400. The normalized spacial score (nSPS) is 14.0. The first-order valence-electron chi connectivity index (χ1n) is 9.42. The Labute approximate surface area is 174 Å². The average Bonchev–Trinajstić information content (AvgIpc) is 3.13. The molecule has 0 saturated heterocycles. The van der Waals surface area contributed by atoms with Gasteiger partial charge in [-0.05, 0) is 24.1 Å². The highest BCUT2D eigenvalue weighted by Crippen LogP contribution is 2.38. The lowest BCUT2D eigenvalue weighted by Crippen LogP contribution is -2.35. The number of carbonyl (C=O) groups is 2. The summed E-state index contributed by atoms with van der Waals surface area (Å²) in [6, 6.07) is 8.96. The predicted octanol–water partition coefficient (Wildman–Crippen LogP) is 2.76. The van der Waals surface area contributed by atoms with Crippen LogP contribution < -0.4 is 0 Å². The number of esters is 1. The first-order chi connectivity index (χ1) is 13.8. The predicted molar refractivity (Wildman–Crippen MR) is 111 cm³/mol. The molecular weight excluding hydrogens is 412 g/mol. The van der Waals surface area contributed by atoms with Crippen molar-refractivity contribution < 1.29 is 22.7 Å². The summed E-state index contributed by atoms with van der Waals surface area (Å²) in [7, 11) is -2.58. The molecule has 7 nitrogen and oxygen atoms in total. The fourth-order valence-corrected chi connectivity index (χ4v) is 6.98. The number of nitrogens with zero attached hydrogens (tertiary/aromatic N) is 2. The van der Waals surface area contributed by atoms with Crippen LogP contribution >= 0.6 is 11.3 Å². The van der Waals surface area contributed by atoms with E-state index in [1.807, 2.05) is 6.07 Å². The van der Waals surface area contributed by atoms with E-state index in [1.54, 1.807) is 43.0 Å². The molecule has 156 valence electrons. The number of thiophene rings is 1. The van der Waals surface area contributed by atoms with Crippen molar-refractivity contribution >= 4 is 33.2 Å². The van der Waals surface area contributed by atoms with E-state index in [9.17, 15) is 18.0 Å². The molecule has 0 radical (unpaired) electrons. The first kappa shape index (κ1) is 21.5. The van der Waals surface area contributed by atoms with E-state index in [2.05, 4.69) is 0 Å². The molecule has 1 aliphatic rings. The van der Waals surface area contributed by atoms with Crippen molar-refractivity contribution in [2.75, 3.05) is 26.7 Å². The van der Waals surface area contributed by atoms with Crippen LogP contribution in [-0.4, -0.2) is 56.2 Å². The third kappa shape index (κ3) is 3.94. The monoisotopic (exact) mass is 436 g/mol. The maximum atomic E-state index is 13.1. The Morgan fingerprint density at radius 1 is 1.17 bits per heavy atom. The maximum absolute atomic E-state index is 13.1. The third-order valence-corrected chi connectivity index (χ3v) is 8.76. The second kappa shape index (κ2) is 8.64. The van der Waals surface area contributed by atoms with Crippen LogP contribution in [0.1, 0.15) is 45.0 Å². The third-order valence-electron chi connectivity index (χ3n) is 5.00. The van der Waals surface area contributed by atoms with Crippen LogP contribution in [-0.2, 0) is 27.7 Å². The maximum Gasteiger partial charge on any atom is 0.340 e. The summed E-state index contributed by atoms with van der Waals surface area (Å²) in [6.45, 7) is 4.80. The van der Waals surface area contributed by atoms with Crippen LogP contribution in [0.15, 0.2) is 34.5 Å². The number of methoxy groups -OCH3 is 1. The van der Waals surface area contributed by atoms with Gasteiger partial charge in [0.05, 0.1) is 19.2 Å². The van der Waals surface area contributed by atoms with Gasteiger partial charge in [0.2, 0.25) is 0 Å². The summed E-state index contributed by atoms with van der Waals surface area (Å²) >= 11 is 1.06. The van der Waals surface area contributed by atoms with Gasteiger partial charge in [0, 0.05) is 30.1 Å². The highest BCUT2D eigenvalue weighted by molar-refractivity contribution is 7.91. The zero-order valence-electron chi connectivity index (χ0n) is 16.7. The van der Waals surface area contributed by atoms with Crippen LogP contribution in [0.5, 0.6) is 0 Å². The molecule has 0 fully saturated rings. The Bertz CT molecular complexity index is 1010. The molecule has 1 aromatic heterocycles. The van der Waals surface area contributed by atoms with Gasteiger partial charge in [0.15, 0.2) is 0 Å². The number of benzene rings is 1. The van der Waals surface area contributed by atoms with E-state index in [-0.39, 0.29) is 22.2 Å². The Kier molecular flexibility index (Phi) is 6.40. The minimum atomic E-state index is -3.82. The Morgan fingerprint density at radius 3 is 2.41 bits per heavy atom. The molecule has 0 unspecified atom stereocenters. The molecule has 29 heavy (non-hydrogen) atoms. The summed E-state index contributed by atoms with van der Waals surface area (Å²) in [6.07, 6.45) is 0.405. The molecule has 0 spiro atoms. The van der Waals surface area contributed by atoms with Gasteiger partial charge in [-0.2, -0.15) is 4.31 Å². The van der Waals surface area contributed by atoms with Crippen LogP contribution in [0.3, 0.4) is 0 Å². The molecule has 1 amide bonds. The summed E-state index contributed by atoms with van der Waals surface area (Å²) in [4.78, 5) is 27.7. The number of hydrogen-bond acceptors (Lipinski definition) is 6. The molecule has 0 saturated carbocycles. The van der Waals surface area contributed by atoms with Gasteiger partial charge in [0.1, 0.15) is 4.21 Å². The lowest BCUT2D eigenvalue weighted by atomic mass is 10.0. The molecule has 0 bridgehead atoms. The van der Waals surface area contributed by atoms with E-state index in [4.69, 9.17) is 4.74 Å². The van der Waals surface area contributed by atoms with Crippen molar-refractivity contribution in [1.82, 2.24) is 9.21 Å². The van der Waals surface area contributed by atoms with E-state index < -0.39 is 16.0 Å². The minimum absolute atomic E-state index is 0.00654. The molecule has 1 aliphatic heterocycles. The second-order valence-electron chi connectivity index (χ2n) is 6.59. The molecule has 0 aliphatic carbocycles. The van der Waals surface area contributed by atoms with Crippen molar-refractivity contribution in [3.8, 4) is 0 Å². The molecule has 2 heterocycles. The van der Waals surface area contributed by atoms with Gasteiger partial charge in [-0.25, -0.2) is 13.2 Å². The van der Waals surface area contributed by atoms with Crippen molar-refractivity contribution in [3.63, 3.8) is 0 Å². The SMILES string of the molecule is CCN(CC)S(=O)(=O)c1sc2c(c1C(=O)OC)CCN(C(=O)c1ccccc1)C2. The van der Waals surface area contributed by atoms with Gasteiger partial charge < -0.3 is 9.64 Å². The van der Waals surface area contributed by atoms with Gasteiger partial charge >= 0.3 is 5.97 Å². The number of carbonyl (C=O) groups excluding carboxylic acids is 2. The van der Waals surface area contributed by atoms with Gasteiger partial charge in [-0.1, -0.05) is 32.0 Å². The molecule has 1 aromatic carbocycles. The van der Waals surface area contributed by atoms with Crippen LogP contribution in [0, 0.1) is 0 Å². The van der Waals surface area contributed by atoms with Gasteiger partial charge in [-0.15, -0.1) is 11.3 Å². The number of sulfonamides is 1. The molecule has 9 heteroatoms. The van der Waals surface area contributed by atoms with E-state index >= 15 is 0 Å². The number of rotatable bonds is 6. The highest BCUT2D eigenvalue weighted by Gasteiger charge is 2.36. The minimum Gasteiger partial charge on any atom is -0.465 e. The number of amides is 1. The summed E-state index contributed by atoms with van der Waals surface area (Å²) < 4.78 is 32.5. The van der Waals surface area contributed by atoms with E-state index in [1.165, 1.54) is 11.4 Å². The largest absolute Gasteiger partial charge is 0.465 e. The zero-order chi connectivity index (χ0) is 21.2. The van der Waals surface area contributed by atoms with Crippen LogP contribution in [0.4, 0.5) is 0 Å². The highest BCUT2D eigenvalue weighted by atomic mass is 32.2. The van der Waals surface area contributed by atoms with Crippen molar-refractivity contribution in [2.24, 2.45) is 0 Å². The lowest BCUT2D eigenvalue weighted by Gasteiger charge is -2.27. The van der Waals surface area contributed by atoms with Crippen LogP contribution in [0.2, 0.25) is 0 Å². The molecule has 0 atom stereocenters. The van der Waals surface area contributed by atoms with Crippen molar-refractivity contribution in [2.45, 2.75) is 31.0 Å². The standard InChI is InChI=1S/C20H24N2O5S2/c1-4-22(5-2)29(25,26)20-17(19(24)27-3)15-11-12-21(13-16(15)28-20)18(23)14-9-7-6-8-10-14/h6-10H,4-5,11-13H2,1-3H3. The Hall–Kier alpha value is -2.23. The Balaban J connectivity index is 2.02. The first-order valence-corrected chi connectivity index (χ1v) is 11.7. The molecular formula is C20H24N2O5S2. The van der Waals surface area contributed by atoms with Crippen molar-refractivity contribution in [1.29, 1.82) is 0 Å². The van der Waals surface area contributed by atoms with E-state index in [0.29, 0.717) is 42.1 Å². The lowest BCUT2D eigenvalue weighted by molar-refractivity contribution is 0.0595. The van der Waals surface area contributed by atoms with Crippen LogP contribution in [0.25, 0.3) is 0 Å². The average molecular weight is 437 g/mol. The topological polar surface area (TPSA) is 84.0 Å². The molecule has 2 aromatic rings. The van der Waals surface area contributed by atoms with E-state index in [0.717, 1.165) is 11.3 Å². The fourth-order valence-electron chi connectivity index (χ4n) is 3.49. The number of fused-ring (bicyclic) bond motifs is 1. The number of ether oxygens (including phenoxy) is 1. The smallest absolute Gasteiger partial charge is 0.340 e. The summed E-state index contributed by atoms with van der Waals surface area (Å²) in [5.74, 6) is -0.770. The Morgan fingerprint density at radius 2 is 1.83 bits per heavy atom. The quantitative estimate of drug-likeness (QED) is 0.650. The summed E-state index contributed by atoms with van der Waals surface area (Å²) in [5.41, 5.74) is 1.37. The van der Waals surface area contributed by atoms with Gasteiger partial charge in [-0.3, -0.25) is 4.79 Å².